The Morgan fingerprint density at radius 3 is 3.00 bits per heavy atom. The maximum Gasteiger partial charge on any atom is 0.168 e. The Morgan fingerprint density at radius 1 is 1.47 bits per heavy atom. The van der Waals surface area contributed by atoms with Crippen molar-refractivity contribution in [2.75, 3.05) is 18.4 Å². The van der Waals surface area contributed by atoms with Crippen LogP contribution in [0.25, 0.3) is 0 Å². The molecule has 1 aromatic rings. The Bertz CT molecular complexity index is 337. The van der Waals surface area contributed by atoms with Gasteiger partial charge in [-0.15, -0.1) is 0 Å². The average molecular weight is 213 g/mol. The topological polar surface area (TPSA) is 37.0 Å². The molecule has 0 radical (unpaired) electrons. The highest BCUT2D eigenvalue weighted by molar-refractivity contribution is 5.37. The molecule has 3 nitrogen and oxygen atoms in total. The van der Waals surface area contributed by atoms with Gasteiger partial charge in [-0.1, -0.05) is 0 Å². The molecule has 1 aromatic heterocycles. The van der Waals surface area contributed by atoms with Gasteiger partial charge in [-0.05, 0) is 19.4 Å². The van der Waals surface area contributed by atoms with Crippen molar-refractivity contribution < 1.29 is 8.78 Å². The average Bonchev–Trinajstić information content (AvgIpc) is 2.24. The van der Waals surface area contributed by atoms with Gasteiger partial charge >= 0.3 is 0 Å². The SMILES string of the molecule is Fc1cnc(NC2CCCNC2)c(F)c1. The maximum atomic E-state index is 13.2. The standard InChI is InChI=1S/C10H13F2N3/c11-7-4-9(12)10(14-5-7)15-8-2-1-3-13-6-8/h4-5,8,13H,1-3,6H2,(H,14,15). The van der Waals surface area contributed by atoms with Crippen LogP contribution in [0, 0.1) is 11.6 Å². The summed E-state index contributed by atoms with van der Waals surface area (Å²) in [5.74, 6) is -1.16. The zero-order valence-electron chi connectivity index (χ0n) is 8.26. The lowest BCUT2D eigenvalue weighted by Crippen LogP contribution is -2.38. The lowest BCUT2D eigenvalue weighted by atomic mass is 10.1. The van der Waals surface area contributed by atoms with E-state index in [1.54, 1.807) is 0 Å². The van der Waals surface area contributed by atoms with Crippen LogP contribution in [0.1, 0.15) is 12.8 Å². The normalized spacial score (nSPS) is 21.3. The number of halogens is 2. The first kappa shape index (κ1) is 10.3. The molecule has 0 saturated carbocycles. The number of hydrogen-bond donors (Lipinski definition) is 2. The van der Waals surface area contributed by atoms with Crippen molar-refractivity contribution >= 4 is 5.82 Å². The van der Waals surface area contributed by atoms with Crippen LogP contribution in [0.4, 0.5) is 14.6 Å². The molecule has 5 heteroatoms. The third kappa shape index (κ3) is 2.62. The minimum absolute atomic E-state index is 0.130. The second-order valence-corrected chi connectivity index (χ2v) is 3.67. The van der Waals surface area contributed by atoms with Crippen LogP contribution >= 0.6 is 0 Å². The summed E-state index contributed by atoms with van der Waals surface area (Å²) in [4.78, 5) is 3.68. The van der Waals surface area contributed by atoms with Crippen LogP contribution < -0.4 is 10.6 Å². The number of rotatable bonds is 2. The molecule has 15 heavy (non-hydrogen) atoms. The number of pyridine rings is 1. The van der Waals surface area contributed by atoms with Crippen molar-refractivity contribution in [3.05, 3.63) is 23.9 Å². The molecule has 1 atom stereocenters. The Kier molecular flexibility index (Phi) is 3.11. The molecule has 1 saturated heterocycles. The lowest BCUT2D eigenvalue weighted by molar-refractivity contribution is 0.475. The van der Waals surface area contributed by atoms with Crippen LogP contribution in [0.2, 0.25) is 0 Å². The Balaban J connectivity index is 2.03. The van der Waals surface area contributed by atoms with Crippen LogP contribution in [0.5, 0.6) is 0 Å². The van der Waals surface area contributed by atoms with Gasteiger partial charge in [0, 0.05) is 18.7 Å². The number of nitrogens with zero attached hydrogens (tertiary/aromatic N) is 1. The number of anilines is 1. The van der Waals surface area contributed by atoms with E-state index in [4.69, 9.17) is 0 Å². The Labute approximate surface area is 86.9 Å². The molecule has 1 aliphatic rings. The lowest BCUT2D eigenvalue weighted by Gasteiger charge is -2.24. The largest absolute Gasteiger partial charge is 0.364 e. The summed E-state index contributed by atoms with van der Waals surface area (Å²) in [6.45, 7) is 1.79. The second-order valence-electron chi connectivity index (χ2n) is 3.67. The van der Waals surface area contributed by atoms with E-state index < -0.39 is 11.6 Å². The predicted octanol–water partition coefficient (Wildman–Crippen LogP) is 1.52. The minimum Gasteiger partial charge on any atom is -0.364 e. The third-order valence-corrected chi connectivity index (χ3v) is 2.45. The summed E-state index contributed by atoms with van der Waals surface area (Å²) in [6, 6.07) is 1.01. The van der Waals surface area contributed by atoms with Crippen molar-refractivity contribution in [3.63, 3.8) is 0 Å². The van der Waals surface area contributed by atoms with Crippen molar-refractivity contribution in [2.24, 2.45) is 0 Å². The molecular weight excluding hydrogens is 200 g/mol. The smallest absolute Gasteiger partial charge is 0.168 e. The summed E-state index contributed by atoms with van der Waals surface area (Å²) in [6.07, 6.45) is 3.05. The molecule has 1 unspecified atom stereocenters. The minimum atomic E-state index is -0.653. The van der Waals surface area contributed by atoms with Crippen molar-refractivity contribution in [3.8, 4) is 0 Å². The zero-order chi connectivity index (χ0) is 10.7. The van der Waals surface area contributed by atoms with Gasteiger partial charge in [-0.25, -0.2) is 13.8 Å². The molecule has 1 aliphatic heterocycles. The highest BCUT2D eigenvalue weighted by Gasteiger charge is 2.15. The van der Waals surface area contributed by atoms with E-state index in [-0.39, 0.29) is 11.9 Å². The Morgan fingerprint density at radius 2 is 2.33 bits per heavy atom. The second kappa shape index (κ2) is 4.53. The summed E-state index contributed by atoms with van der Waals surface area (Å²) >= 11 is 0. The molecular formula is C10H13F2N3. The first-order valence-corrected chi connectivity index (χ1v) is 5.04. The van der Waals surface area contributed by atoms with Gasteiger partial charge in [-0.2, -0.15) is 0 Å². The summed E-state index contributed by atoms with van der Waals surface area (Å²) in [7, 11) is 0. The molecule has 1 fully saturated rings. The number of aromatic nitrogens is 1. The van der Waals surface area contributed by atoms with E-state index in [9.17, 15) is 8.78 Å². The van der Waals surface area contributed by atoms with Gasteiger partial charge in [0.1, 0.15) is 5.82 Å². The number of piperidine rings is 1. The molecule has 0 bridgehead atoms. The number of hydrogen-bond acceptors (Lipinski definition) is 3. The van der Waals surface area contributed by atoms with E-state index in [2.05, 4.69) is 15.6 Å². The van der Waals surface area contributed by atoms with E-state index in [1.165, 1.54) is 0 Å². The highest BCUT2D eigenvalue weighted by Crippen LogP contribution is 2.14. The first-order valence-electron chi connectivity index (χ1n) is 5.04. The molecule has 0 amide bonds. The van der Waals surface area contributed by atoms with E-state index >= 15 is 0 Å². The molecule has 0 spiro atoms. The van der Waals surface area contributed by atoms with Crippen molar-refractivity contribution in [1.29, 1.82) is 0 Å². The first-order chi connectivity index (χ1) is 7.25. The van der Waals surface area contributed by atoms with E-state index in [0.717, 1.165) is 38.2 Å². The monoisotopic (exact) mass is 213 g/mol. The highest BCUT2D eigenvalue weighted by atomic mass is 19.1. The molecule has 0 aliphatic carbocycles. The predicted molar refractivity (Wildman–Crippen MR) is 53.7 cm³/mol. The fourth-order valence-corrected chi connectivity index (χ4v) is 1.69. The van der Waals surface area contributed by atoms with E-state index in [0.29, 0.717) is 0 Å². The summed E-state index contributed by atoms with van der Waals surface area (Å²) in [5.41, 5.74) is 0. The summed E-state index contributed by atoms with van der Waals surface area (Å²) < 4.78 is 25.8. The molecule has 2 N–H and O–H groups in total. The van der Waals surface area contributed by atoms with Crippen LogP contribution in [0.15, 0.2) is 12.3 Å². The molecule has 0 aromatic carbocycles. The third-order valence-electron chi connectivity index (χ3n) is 2.45. The van der Waals surface area contributed by atoms with Crippen LogP contribution in [-0.2, 0) is 0 Å². The van der Waals surface area contributed by atoms with Crippen molar-refractivity contribution in [1.82, 2.24) is 10.3 Å². The quantitative estimate of drug-likeness (QED) is 0.782. The van der Waals surface area contributed by atoms with Gasteiger partial charge in [0.05, 0.1) is 6.20 Å². The molecule has 2 rings (SSSR count). The van der Waals surface area contributed by atoms with Gasteiger partial charge in [0.15, 0.2) is 11.6 Å². The van der Waals surface area contributed by atoms with Gasteiger partial charge in [0.2, 0.25) is 0 Å². The fourth-order valence-electron chi connectivity index (χ4n) is 1.69. The molecule has 2 heterocycles. The van der Waals surface area contributed by atoms with Crippen LogP contribution in [-0.4, -0.2) is 24.1 Å². The fraction of sp³-hybridized carbons (Fsp3) is 0.500. The van der Waals surface area contributed by atoms with Crippen molar-refractivity contribution in [2.45, 2.75) is 18.9 Å². The van der Waals surface area contributed by atoms with Gasteiger partial charge in [0.25, 0.3) is 0 Å². The van der Waals surface area contributed by atoms with Gasteiger partial charge in [-0.3, -0.25) is 0 Å². The van der Waals surface area contributed by atoms with Crippen LogP contribution in [0.3, 0.4) is 0 Å². The molecule has 82 valence electrons. The van der Waals surface area contributed by atoms with E-state index in [1.807, 2.05) is 0 Å². The number of nitrogens with one attached hydrogen (secondary N) is 2. The zero-order valence-corrected chi connectivity index (χ0v) is 8.26. The summed E-state index contributed by atoms with van der Waals surface area (Å²) in [5, 5.41) is 6.16. The van der Waals surface area contributed by atoms with Gasteiger partial charge < -0.3 is 10.6 Å². The maximum absolute atomic E-state index is 13.2. The Hall–Kier alpha value is -1.23.